The highest BCUT2D eigenvalue weighted by atomic mass is 16.4. The molecule has 2 rings (SSSR count). The number of carboxylic acids is 1. The van der Waals surface area contributed by atoms with Crippen LogP contribution in [0.3, 0.4) is 0 Å². The summed E-state index contributed by atoms with van der Waals surface area (Å²) < 4.78 is 1.49. The van der Waals surface area contributed by atoms with Gasteiger partial charge in [0.05, 0.1) is 0 Å². The molecule has 1 aliphatic rings. The minimum Gasteiger partial charge on any atom is -0.480 e. The Labute approximate surface area is 125 Å². The van der Waals surface area contributed by atoms with Gasteiger partial charge in [0.25, 0.3) is 5.91 Å². The van der Waals surface area contributed by atoms with Crippen LogP contribution in [0.15, 0.2) is 18.3 Å². The summed E-state index contributed by atoms with van der Waals surface area (Å²) in [5.41, 5.74) is 0.814. The fourth-order valence-electron chi connectivity index (χ4n) is 3.01. The predicted octanol–water partition coefficient (Wildman–Crippen LogP) is 2.61. The SMILES string of the molecule is CN(C(=O)c1cccn1CC(=O)O)C1CCC(C)(C)CC1. The number of aromatic nitrogens is 1. The maximum absolute atomic E-state index is 12.6. The van der Waals surface area contributed by atoms with Gasteiger partial charge in [-0.15, -0.1) is 0 Å². The maximum Gasteiger partial charge on any atom is 0.323 e. The van der Waals surface area contributed by atoms with E-state index in [1.807, 2.05) is 7.05 Å². The predicted molar refractivity (Wildman–Crippen MR) is 80.2 cm³/mol. The molecule has 5 nitrogen and oxygen atoms in total. The number of rotatable bonds is 4. The van der Waals surface area contributed by atoms with E-state index in [2.05, 4.69) is 13.8 Å². The van der Waals surface area contributed by atoms with Crippen molar-refractivity contribution in [3.8, 4) is 0 Å². The van der Waals surface area contributed by atoms with Gasteiger partial charge in [0, 0.05) is 19.3 Å². The molecule has 0 aromatic carbocycles. The van der Waals surface area contributed by atoms with Crippen molar-refractivity contribution >= 4 is 11.9 Å². The van der Waals surface area contributed by atoms with E-state index in [0.717, 1.165) is 25.7 Å². The maximum atomic E-state index is 12.6. The van der Waals surface area contributed by atoms with E-state index < -0.39 is 5.97 Å². The molecule has 1 saturated carbocycles. The van der Waals surface area contributed by atoms with Crippen molar-refractivity contribution in [3.05, 3.63) is 24.0 Å². The van der Waals surface area contributed by atoms with Gasteiger partial charge in [-0.1, -0.05) is 13.8 Å². The molecule has 0 bridgehead atoms. The third kappa shape index (κ3) is 3.65. The summed E-state index contributed by atoms with van der Waals surface area (Å²) in [5, 5.41) is 8.89. The molecule has 0 spiro atoms. The van der Waals surface area contributed by atoms with E-state index in [-0.39, 0.29) is 18.5 Å². The first-order valence-electron chi connectivity index (χ1n) is 7.44. The second kappa shape index (κ2) is 5.92. The van der Waals surface area contributed by atoms with Gasteiger partial charge >= 0.3 is 5.97 Å². The van der Waals surface area contributed by atoms with E-state index in [1.165, 1.54) is 4.57 Å². The highest BCUT2D eigenvalue weighted by Gasteiger charge is 2.31. The fraction of sp³-hybridized carbons (Fsp3) is 0.625. The van der Waals surface area contributed by atoms with Crippen molar-refractivity contribution < 1.29 is 14.7 Å². The Kier molecular flexibility index (Phi) is 4.40. The zero-order chi connectivity index (χ0) is 15.6. The largest absolute Gasteiger partial charge is 0.480 e. The van der Waals surface area contributed by atoms with Crippen LogP contribution in [0.2, 0.25) is 0 Å². The molecule has 0 aliphatic heterocycles. The van der Waals surface area contributed by atoms with Gasteiger partial charge in [0.2, 0.25) is 0 Å². The van der Waals surface area contributed by atoms with Crippen LogP contribution in [0.5, 0.6) is 0 Å². The fourth-order valence-corrected chi connectivity index (χ4v) is 3.01. The number of carbonyl (C=O) groups is 2. The number of nitrogens with zero attached hydrogens (tertiary/aromatic N) is 2. The molecule has 5 heteroatoms. The van der Waals surface area contributed by atoms with Crippen molar-refractivity contribution in [3.63, 3.8) is 0 Å². The molecule has 1 N–H and O–H groups in total. The number of aliphatic carboxylic acids is 1. The Bertz CT molecular complexity index is 523. The summed E-state index contributed by atoms with van der Waals surface area (Å²) in [4.78, 5) is 25.2. The summed E-state index contributed by atoms with van der Waals surface area (Å²) in [6.45, 7) is 4.35. The van der Waals surface area contributed by atoms with Gasteiger partial charge in [-0.05, 0) is 43.2 Å². The van der Waals surface area contributed by atoms with Crippen molar-refractivity contribution in [1.29, 1.82) is 0 Å². The summed E-state index contributed by atoms with van der Waals surface area (Å²) in [6.07, 6.45) is 5.89. The number of hydrogen-bond acceptors (Lipinski definition) is 2. The topological polar surface area (TPSA) is 62.5 Å². The molecule has 1 amide bonds. The first-order chi connectivity index (χ1) is 9.80. The van der Waals surface area contributed by atoms with Gasteiger partial charge in [0.15, 0.2) is 0 Å². The minimum atomic E-state index is -0.942. The summed E-state index contributed by atoms with van der Waals surface area (Å²) in [5.74, 6) is -1.03. The molecule has 1 fully saturated rings. The molecule has 1 aliphatic carbocycles. The van der Waals surface area contributed by atoms with E-state index in [4.69, 9.17) is 5.11 Å². The van der Waals surface area contributed by atoms with Crippen LogP contribution in [-0.2, 0) is 11.3 Å². The van der Waals surface area contributed by atoms with Crippen LogP contribution in [-0.4, -0.2) is 39.5 Å². The Hall–Kier alpha value is -1.78. The van der Waals surface area contributed by atoms with Crippen LogP contribution in [0, 0.1) is 5.41 Å². The molecule has 1 heterocycles. The van der Waals surface area contributed by atoms with Crippen LogP contribution in [0.25, 0.3) is 0 Å². The molecule has 116 valence electrons. The Morgan fingerprint density at radius 2 is 2.00 bits per heavy atom. The zero-order valence-corrected chi connectivity index (χ0v) is 13.0. The number of carboxylic acid groups (broad SMARTS) is 1. The number of amides is 1. The summed E-state index contributed by atoms with van der Waals surface area (Å²) in [7, 11) is 1.82. The molecule has 0 radical (unpaired) electrons. The van der Waals surface area contributed by atoms with Crippen molar-refractivity contribution in [2.75, 3.05) is 7.05 Å². The van der Waals surface area contributed by atoms with Crippen LogP contribution >= 0.6 is 0 Å². The second-order valence-electron chi connectivity index (χ2n) is 6.73. The van der Waals surface area contributed by atoms with E-state index >= 15 is 0 Å². The smallest absolute Gasteiger partial charge is 0.323 e. The van der Waals surface area contributed by atoms with Crippen LogP contribution < -0.4 is 0 Å². The van der Waals surface area contributed by atoms with Crippen LogP contribution in [0.1, 0.15) is 50.0 Å². The number of hydrogen-bond donors (Lipinski definition) is 1. The summed E-state index contributed by atoms with van der Waals surface area (Å²) >= 11 is 0. The van der Waals surface area contributed by atoms with Crippen molar-refractivity contribution in [1.82, 2.24) is 9.47 Å². The molecule has 0 unspecified atom stereocenters. The molecule has 1 aromatic heterocycles. The van der Waals surface area contributed by atoms with Gasteiger partial charge in [-0.25, -0.2) is 0 Å². The average molecular weight is 292 g/mol. The van der Waals surface area contributed by atoms with E-state index in [1.54, 1.807) is 23.2 Å². The molecular formula is C16H24N2O3. The molecular weight excluding hydrogens is 268 g/mol. The van der Waals surface area contributed by atoms with Gasteiger partial charge in [-0.3, -0.25) is 9.59 Å². The standard InChI is InChI=1S/C16H24N2O3/c1-16(2)8-6-12(7-9-16)17(3)15(21)13-5-4-10-18(13)11-14(19)20/h4-5,10,12H,6-9,11H2,1-3H3,(H,19,20). The third-order valence-corrected chi connectivity index (χ3v) is 4.53. The lowest BCUT2D eigenvalue weighted by Crippen LogP contribution is -2.41. The quantitative estimate of drug-likeness (QED) is 0.928. The normalized spacial score (nSPS) is 18.4. The molecule has 0 atom stereocenters. The average Bonchev–Trinajstić information content (AvgIpc) is 2.84. The highest BCUT2D eigenvalue weighted by molar-refractivity contribution is 5.93. The van der Waals surface area contributed by atoms with Gasteiger partial charge in [0.1, 0.15) is 12.2 Å². The van der Waals surface area contributed by atoms with Gasteiger partial charge < -0.3 is 14.6 Å². The number of carbonyl (C=O) groups excluding carboxylic acids is 1. The first-order valence-corrected chi connectivity index (χ1v) is 7.44. The highest BCUT2D eigenvalue weighted by Crippen LogP contribution is 2.36. The lowest BCUT2D eigenvalue weighted by atomic mass is 9.75. The van der Waals surface area contributed by atoms with Crippen molar-refractivity contribution in [2.45, 2.75) is 52.1 Å². The summed E-state index contributed by atoms with van der Waals surface area (Å²) in [6, 6.07) is 3.65. The molecule has 0 saturated heterocycles. The van der Waals surface area contributed by atoms with E-state index in [9.17, 15) is 9.59 Å². The lowest BCUT2D eigenvalue weighted by Gasteiger charge is -2.38. The van der Waals surface area contributed by atoms with Crippen LogP contribution in [0.4, 0.5) is 0 Å². The lowest BCUT2D eigenvalue weighted by molar-refractivity contribution is -0.137. The van der Waals surface area contributed by atoms with E-state index in [0.29, 0.717) is 11.1 Å². The third-order valence-electron chi connectivity index (χ3n) is 4.53. The monoisotopic (exact) mass is 292 g/mol. The minimum absolute atomic E-state index is 0.0917. The zero-order valence-electron chi connectivity index (χ0n) is 13.0. The Morgan fingerprint density at radius 1 is 1.38 bits per heavy atom. The first kappa shape index (κ1) is 15.6. The molecule has 1 aromatic rings. The molecule has 21 heavy (non-hydrogen) atoms. The van der Waals surface area contributed by atoms with Gasteiger partial charge in [-0.2, -0.15) is 0 Å². The van der Waals surface area contributed by atoms with Crippen molar-refractivity contribution in [2.24, 2.45) is 5.41 Å². The second-order valence-corrected chi connectivity index (χ2v) is 6.73. The Balaban J connectivity index is 2.06. The Morgan fingerprint density at radius 3 is 2.57 bits per heavy atom.